The van der Waals surface area contributed by atoms with E-state index in [0.717, 1.165) is 19.5 Å². The highest BCUT2D eigenvalue weighted by molar-refractivity contribution is 6.31. The van der Waals surface area contributed by atoms with E-state index >= 15 is 0 Å². The third-order valence-corrected chi connectivity index (χ3v) is 6.26. The molecule has 35 heavy (non-hydrogen) atoms. The van der Waals surface area contributed by atoms with Gasteiger partial charge in [-0.3, -0.25) is 15.0 Å². The molecule has 9 heteroatoms. The Bertz CT molecular complexity index is 1310. The molecular weight excluding hydrogens is 492 g/mol. The lowest BCUT2D eigenvalue weighted by molar-refractivity contribution is 0.0987. The van der Waals surface area contributed by atoms with E-state index in [-0.39, 0.29) is 39.7 Å². The molecule has 1 aliphatic heterocycles. The first-order chi connectivity index (χ1) is 16.8. The summed E-state index contributed by atoms with van der Waals surface area (Å²) < 4.78 is 20.3. The Morgan fingerprint density at radius 2 is 1.74 bits per heavy atom. The number of amides is 1. The summed E-state index contributed by atoms with van der Waals surface area (Å²) in [4.78, 5) is 28.0. The van der Waals surface area contributed by atoms with Crippen molar-refractivity contribution in [2.24, 2.45) is 0 Å². The molecule has 0 atom stereocenters. The number of hydrogen-bond acceptors (Lipinski definition) is 4. The number of Topliss-reactive ketones (excluding diaryl/α,β-unsaturated/α-hetero) is 1. The Labute approximate surface area is 212 Å². The van der Waals surface area contributed by atoms with E-state index in [9.17, 15) is 14.0 Å². The lowest BCUT2D eigenvalue weighted by atomic mass is 9.96. The van der Waals surface area contributed by atoms with E-state index in [1.165, 1.54) is 31.4 Å². The molecule has 0 aliphatic carbocycles. The molecule has 1 amide bonds. The summed E-state index contributed by atoms with van der Waals surface area (Å²) in [6, 6.07) is 13.6. The fourth-order valence-electron chi connectivity index (χ4n) is 3.78. The van der Waals surface area contributed by atoms with Gasteiger partial charge in [0.15, 0.2) is 5.78 Å². The van der Waals surface area contributed by atoms with E-state index in [2.05, 4.69) is 5.32 Å². The second kappa shape index (κ2) is 10.5. The first-order valence-corrected chi connectivity index (χ1v) is 11.6. The zero-order chi connectivity index (χ0) is 25.1. The van der Waals surface area contributed by atoms with Crippen molar-refractivity contribution in [1.29, 1.82) is 5.41 Å². The Morgan fingerprint density at radius 1 is 1.03 bits per heavy atom. The lowest BCUT2D eigenvalue weighted by Crippen LogP contribution is -2.42. The number of anilines is 1. The lowest BCUT2D eigenvalue weighted by Gasteiger charge is -2.33. The Morgan fingerprint density at radius 3 is 2.34 bits per heavy atom. The van der Waals surface area contributed by atoms with Crippen LogP contribution in [-0.2, 0) is 6.42 Å². The molecule has 3 aromatic rings. The number of hydrogen-bond donors (Lipinski definition) is 2. The van der Waals surface area contributed by atoms with Crippen LogP contribution < -0.4 is 10.1 Å². The Balaban J connectivity index is 1.61. The first-order valence-electron chi connectivity index (χ1n) is 10.9. The summed E-state index contributed by atoms with van der Waals surface area (Å²) in [6.07, 6.45) is 0.710. The molecule has 0 saturated carbocycles. The standard InChI is InChI=1S/C26H22Cl2FN3O3/c1-35-24-13-17(28)12-21(26(34)31-18-6-4-16(27)5-7-18)20(24)14-23(33)19-8-3-15(11-22(19)29)25(30)32-9-2-10-32/h3-8,11-13,30H,2,9-10,14H2,1H3,(H,31,34). The number of halogens is 3. The van der Waals surface area contributed by atoms with Gasteiger partial charge in [0.2, 0.25) is 0 Å². The monoisotopic (exact) mass is 513 g/mol. The fourth-order valence-corrected chi connectivity index (χ4v) is 4.11. The molecule has 1 aliphatic rings. The van der Waals surface area contributed by atoms with Crippen molar-refractivity contribution >= 4 is 46.4 Å². The fraction of sp³-hybridized carbons (Fsp3) is 0.192. The molecule has 2 N–H and O–H groups in total. The smallest absolute Gasteiger partial charge is 0.256 e. The average Bonchev–Trinajstić information content (AvgIpc) is 2.79. The number of amidine groups is 1. The van der Waals surface area contributed by atoms with Gasteiger partial charge in [0.05, 0.1) is 12.7 Å². The quantitative estimate of drug-likeness (QED) is 0.236. The molecule has 1 heterocycles. The van der Waals surface area contributed by atoms with Gasteiger partial charge in [-0.2, -0.15) is 0 Å². The topological polar surface area (TPSA) is 82.5 Å². The highest BCUT2D eigenvalue weighted by Crippen LogP contribution is 2.30. The number of benzene rings is 3. The number of nitrogens with one attached hydrogen (secondary N) is 2. The van der Waals surface area contributed by atoms with Crippen LogP contribution in [0.4, 0.5) is 10.1 Å². The minimum atomic E-state index is -0.724. The van der Waals surface area contributed by atoms with Crippen LogP contribution in [0.5, 0.6) is 5.75 Å². The molecule has 4 rings (SSSR count). The van der Waals surface area contributed by atoms with Crippen LogP contribution in [-0.4, -0.2) is 42.6 Å². The normalized spacial score (nSPS) is 12.6. The van der Waals surface area contributed by atoms with Crippen LogP contribution >= 0.6 is 23.2 Å². The van der Waals surface area contributed by atoms with Crippen molar-refractivity contribution in [3.8, 4) is 5.75 Å². The predicted octanol–water partition coefficient (Wildman–Crippen LogP) is 5.85. The highest BCUT2D eigenvalue weighted by Gasteiger charge is 2.24. The number of nitrogens with zero attached hydrogens (tertiary/aromatic N) is 1. The van der Waals surface area contributed by atoms with E-state index in [4.69, 9.17) is 33.3 Å². The molecule has 3 aromatic carbocycles. The van der Waals surface area contributed by atoms with Crippen LogP contribution in [0.1, 0.15) is 38.3 Å². The number of ketones is 1. The summed E-state index contributed by atoms with van der Waals surface area (Å²) in [6.45, 7) is 1.52. The Kier molecular flexibility index (Phi) is 7.38. The SMILES string of the molecule is COc1cc(Cl)cc(C(=O)Nc2ccc(Cl)cc2)c1CC(=O)c1ccc(C(=N)N2CCC2)cc1F. The number of ether oxygens (including phenoxy) is 1. The second-order valence-corrected chi connectivity index (χ2v) is 8.95. The minimum absolute atomic E-state index is 0.133. The molecular formula is C26H22Cl2FN3O3. The molecule has 0 bridgehead atoms. The van der Waals surface area contributed by atoms with Gasteiger partial charge in [0.25, 0.3) is 5.91 Å². The van der Waals surface area contributed by atoms with Crippen LogP contribution in [0.25, 0.3) is 0 Å². The number of rotatable bonds is 7. The second-order valence-electron chi connectivity index (χ2n) is 8.08. The summed E-state index contributed by atoms with van der Waals surface area (Å²) in [5.74, 6) is -1.29. The molecule has 0 aromatic heterocycles. The number of likely N-dealkylation sites (tertiary alicyclic amines) is 1. The number of carbonyl (C=O) groups excluding carboxylic acids is 2. The summed E-state index contributed by atoms with van der Waals surface area (Å²) in [5, 5.41) is 11.7. The minimum Gasteiger partial charge on any atom is -0.496 e. The average molecular weight is 514 g/mol. The number of carbonyl (C=O) groups is 2. The highest BCUT2D eigenvalue weighted by atomic mass is 35.5. The van der Waals surface area contributed by atoms with Crippen molar-refractivity contribution in [3.63, 3.8) is 0 Å². The molecule has 0 spiro atoms. The van der Waals surface area contributed by atoms with Gasteiger partial charge in [0, 0.05) is 51.9 Å². The van der Waals surface area contributed by atoms with Gasteiger partial charge in [-0.25, -0.2) is 4.39 Å². The molecule has 6 nitrogen and oxygen atoms in total. The van der Waals surface area contributed by atoms with Crippen molar-refractivity contribution in [2.45, 2.75) is 12.8 Å². The van der Waals surface area contributed by atoms with E-state index in [0.29, 0.717) is 16.3 Å². The van der Waals surface area contributed by atoms with Crippen LogP contribution in [0.15, 0.2) is 54.6 Å². The van der Waals surface area contributed by atoms with Gasteiger partial charge in [-0.05, 0) is 55.0 Å². The first kappa shape index (κ1) is 24.7. The third-order valence-electron chi connectivity index (χ3n) is 5.79. The van der Waals surface area contributed by atoms with Crippen molar-refractivity contribution < 1.29 is 18.7 Å². The van der Waals surface area contributed by atoms with Crippen molar-refractivity contribution in [1.82, 2.24) is 4.90 Å². The van der Waals surface area contributed by atoms with Crippen molar-refractivity contribution in [2.75, 3.05) is 25.5 Å². The van der Waals surface area contributed by atoms with Gasteiger partial charge >= 0.3 is 0 Å². The maximum absolute atomic E-state index is 14.9. The van der Waals surface area contributed by atoms with E-state index in [1.807, 2.05) is 4.90 Å². The van der Waals surface area contributed by atoms with Crippen molar-refractivity contribution in [3.05, 3.63) is 92.7 Å². The number of methoxy groups -OCH3 is 1. The third kappa shape index (κ3) is 5.47. The van der Waals surface area contributed by atoms with Crippen LogP contribution in [0.3, 0.4) is 0 Å². The predicted molar refractivity (Wildman–Crippen MR) is 135 cm³/mol. The molecule has 1 saturated heterocycles. The zero-order valence-corrected chi connectivity index (χ0v) is 20.3. The largest absolute Gasteiger partial charge is 0.496 e. The Hall–Kier alpha value is -3.42. The maximum atomic E-state index is 14.9. The molecule has 180 valence electrons. The zero-order valence-electron chi connectivity index (χ0n) is 18.8. The molecule has 1 fully saturated rings. The summed E-state index contributed by atoms with van der Waals surface area (Å²) in [7, 11) is 1.40. The molecule has 0 unspecified atom stereocenters. The summed E-state index contributed by atoms with van der Waals surface area (Å²) in [5.41, 5.74) is 1.19. The van der Waals surface area contributed by atoms with Gasteiger partial charge in [-0.1, -0.05) is 29.3 Å². The van der Waals surface area contributed by atoms with E-state index < -0.39 is 17.5 Å². The van der Waals surface area contributed by atoms with Gasteiger partial charge in [0.1, 0.15) is 17.4 Å². The maximum Gasteiger partial charge on any atom is 0.256 e. The van der Waals surface area contributed by atoms with Crippen LogP contribution in [0, 0.1) is 11.2 Å². The van der Waals surface area contributed by atoms with E-state index in [1.54, 1.807) is 30.3 Å². The summed E-state index contributed by atoms with van der Waals surface area (Å²) >= 11 is 12.1. The molecule has 0 radical (unpaired) electrons. The van der Waals surface area contributed by atoms with Gasteiger partial charge in [-0.15, -0.1) is 0 Å². The van der Waals surface area contributed by atoms with Crippen LogP contribution in [0.2, 0.25) is 10.0 Å². The van der Waals surface area contributed by atoms with Gasteiger partial charge < -0.3 is 15.0 Å².